The summed E-state index contributed by atoms with van der Waals surface area (Å²) in [6.07, 6.45) is 2.78. The van der Waals surface area contributed by atoms with Crippen LogP contribution in [0.2, 0.25) is 0 Å². The summed E-state index contributed by atoms with van der Waals surface area (Å²) in [4.78, 5) is 22.0. The Hall–Kier alpha value is -4.18. The van der Waals surface area contributed by atoms with Crippen LogP contribution in [-0.4, -0.2) is 43.6 Å². The molecule has 5 rings (SSSR count). The van der Waals surface area contributed by atoms with Gasteiger partial charge in [0, 0.05) is 31.1 Å². The summed E-state index contributed by atoms with van der Waals surface area (Å²) in [5.41, 5.74) is 8.29. The number of hydrogen-bond donors (Lipinski definition) is 1. The highest BCUT2D eigenvalue weighted by molar-refractivity contribution is 5.92. The van der Waals surface area contributed by atoms with Gasteiger partial charge in [-0.2, -0.15) is 5.10 Å². The third kappa shape index (κ3) is 3.38. The van der Waals surface area contributed by atoms with E-state index in [2.05, 4.69) is 46.6 Å². The van der Waals surface area contributed by atoms with Crippen molar-refractivity contribution in [3.05, 3.63) is 72.7 Å². The summed E-state index contributed by atoms with van der Waals surface area (Å²) in [5.74, 6) is 7.03. The third-order valence-corrected chi connectivity index (χ3v) is 5.54. The van der Waals surface area contributed by atoms with E-state index >= 15 is 0 Å². The molecule has 7 heteroatoms. The van der Waals surface area contributed by atoms with Crippen molar-refractivity contribution in [3.8, 4) is 11.8 Å². The van der Waals surface area contributed by atoms with Crippen LogP contribution >= 0.6 is 0 Å². The van der Waals surface area contributed by atoms with E-state index in [1.807, 2.05) is 28.9 Å². The molecule has 0 bridgehead atoms. The van der Waals surface area contributed by atoms with Crippen molar-refractivity contribution >= 4 is 33.5 Å². The standard InChI is InChI=1S/C24H20N6O/c1-2-21(31)29-12-16(13-29)14-30-24-22(23(25)26-15-27-24)20(28-30)11-10-18-8-5-7-17-6-3-4-9-19(17)18/h2-9,15-16H,1,12-14H2,(H2,25,26,27). The molecule has 0 saturated carbocycles. The Labute approximate surface area is 179 Å². The average Bonchev–Trinajstić information content (AvgIpc) is 3.12. The molecule has 2 N–H and O–H groups in total. The number of anilines is 1. The van der Waals surface area contributed by atoms with Crippen molar-refractivity contribution < 1.29 is 4.79 Å². The van der Waals surface area contributed by atoms with Crippen molar-refractivity contribution in [3.63, 3.8) is 0 Å². The SMILES string of the molecule is C=CC(=O)N1CC(Cn2nc(C#Cc3cccc4ccccc34)c3c(N)ncnc32)C1. The van der Waals surface area contributed by atoms with Crippen LogP contribution in [0.4, 0.5) is 5.82 Å². The normalized spacial score (nSPS) is 13.6. The molecular formula is C24H20N6O. The number of carbonyl (C=O) groups excluding carboxylic acids is 1. The molecule has 3 heterocycles. The summed E-state index contributed by atoms with van der Waals surface area (Å²) in [6.45, 7) is 5.51. The van der Waals surface area contributed by atoms with E-state index < -0.39 is 0 Å². The number of nitrogens with two attached hydrogens (primary N) is 1. The number of carbonyl (C=O) groups is 1. The molecule has 4 aromatic rings. The van der Waals surface area contributed by atoms with Crippen molar-refractivity contribution in [2.45, 2.75) is 6.54 Å². The van der Waals surface area contributed by atoms with Gasteiger partial charge in [0.15, 0.2) is 5.65 Å². The van der Waals surface area contributed by atoms with Crippen molar-refractivity contribution in [1.82, 2.24) is 24.6 Å². The largest absolute Gasteiger partial charge is 0.383 e. The fourth-order valence-electron chi connectivity index (χ4n) is 3.95. The van der Waals surface area contributed by atoms with Crippen molar-refractivity contribution in [1.29, 1.82) is 0 Å². The summed E-state index contributed by atoms with van der Waals surface area (Å²) in [5, 5.41) is 7.58. The van der Waals surface area contributed by atoms with Crippen LogP contribution in [0.1, 0.15) is 11.3 Å². The number of amides is 1. The highest BCUT2D eigenvalue weighted by Crippen LogP contribution is 2.24. The van der Waals surface area contributed by atoms with E-state index in [-0.39, 0.29) is 5.91 Å². The predicted molar refractivity (Wildman–Crippen MR) is 120 cm³/mol. The van der Waals surface area contributed by atoms with Gasteiger partial charge in [0.2, 0.25) is 5.91 Å². The lowest BCUT2D eigenvalue weighted by Gasteiger charge is -2.38. The number of aromatic nitrogens is 4. The molecule has 1 aliphatic rings. The molecule has 31 heavy (non-hydrogen) atoms. The van der Waals surface area contributed by atoms with Crippen LogP contribution < -0.4 is 5.73 Å². The van der Waals surface area contributed by atoms with E-state index in [0.717, 1.165) is 16.3 Å². The Morgan fingerprint density at radius 1 is 1.16 bits per heavy atom. The molecule has 7 nitrogen and oxygen atoms in total. The van der Waals surface area contributed by atoms with Crippen molar-refractivity contribution in [2.24, 2.45) is 5.92 Å². The molecule has 0 radical (unpaired) electrons. The zero-order chi connectivity index (χ0) is 21.4. The van der Waals surface area contributed by atoms with Crippen molar-refractivity contribution in [2.75, 3.05) is 18.8 Å². The molecule has 0 unspecified atom stereocenters. The minimum absolute atomic E-state index is 0.0465. The van der Waals surface area contributed by atoms with Crippen LogP contribution in [0.5, 0.6) is 0 Å². The van der Waals surface area contributed by atoms with Gasteiger partial charge in [-0.1, -0.05) is 48.9 Å². The number of rotatable bonds is 3. The van der Waals surface area contributed by atoms with Gasteiger partial charge in [-0.05, 0) is 28.8 Å². The monoisotopic (exact) mass is 408 g/mol. The lowest BCUT2D eigenvalue weighted by atomic mass is 10.0. The predicted octanol–water partition coefficient (Wildman–Crippen LogP) is 2.61. The topological polar surface area (TPSA) is 89.9 Å². The second-order valence-electron chi connectivity index (χ2n) is 7.58. The Morgan fingerprint density at radius 3 is 2.81 bits per heavy atom. The smallest absolute Gasteiger partial charge is 0.245 e. The Bertz CT molecular complexity index is 1380. The number of nitrogen functional groups attached to an aromatic ring is 1. The molecule has 2 aromatic carbocycles. The molecule has 152 valence electrons. The van der Waals surface area contributed by atoms with Crippen LogP contribution in [-0.2, 0) is 11.3 Å². The highest BCUT2D eigenvalue weighted by atomic mass is 16.2. The summed E-state index contributed by atoms with van der Waals surface area (Å²) >= 11 is 0. The van der Waals surface area contributed by atoms with E-state index in [1.54, 1.807) is 4.90 Å². The van der Waals surface area contributed by atoms with Gasteiger partial charge >= 0.3 is 0 Å². The summed E-state index contributed by atoms with van der Waals surface area (Å²) in [7, 11) is 0. The molecular weight excluding hydrogens is 388 g/mol. The molecule has 1 saturated heterocycles. The first-order valence-electron chi connectivity index (χ1n) is 10.0. The van der Waals surface area contributed by atoms with Crippen LogP contribution in [0.25, 0.3) is 21.8 Å². The number of nitrogens with zero attached hydrogens (tertiary/aromatic N) is 5. The van der Waals surface area contributed by atoms with Crippen LogP contribution in [0.15, 0.2) is 61.4 Å². The first-order chi connectivity index (χ1) is 15.1. The molecule has 1 aliphatic heterocycles. The minimum Gasteiger partial charge on any atom is -0.383 e. The zero-order valence-corrected chi connectivity index (χ0v) is 16.8. The molecule has 1 fully saturated rings. The van der Waals surface area contributed by atoms with Gasteiger partial charge in [-0.25, -0.2) is 14.6 Å². The maximum atomic E-state index is 11.7. The van der Waals surface area contributed by atoms with Gasteiger partial charge in [0.1, 0.15) is 17.8 Å². The number of hydrogen-bond acceptors (Lipinski definition) is 5. The Morgan fingerprint density at radius 2 is 1.97 bits per heavy atom. The highest BCUT2D eigenvalue weighted by Gasteiger charge is 2.30. The number of likely N-dealkylation sites (tertiary alicyclic amines) is 1. The molecule has 0 aliphatic carbocycles. The lowest BCUT2D eigenvalue weighted by Crippen LogP contribution is -2.50. The number of benzene rings is 2. The molecule has 1 amide bonds. The lowest BCUT2D eigenvalue weighted by molar-refractivity contribution is -0.132. The van der Waals surface area contributed by atoms with Crippen LogP contribution in [0.3, 0.4) is 0 Å². The second-order valence-corrected chi connectivity index (χ2v) is 7.58. The molecule has 0 atom stereocenters. The Balaban J connectivity index is 1.50. The van der Waals surface area contributed by atoms with E-state index in [4.69, 9.17) is 10.8 Å². The molecule has 0 spiro atoms. The Kier molecular flexibility index (Phi) is 4.60. The van der Waals surface area contributed by atoms with Gasteiger partial charge < -0.3 is 10.6 Å². The maximum Gasteiger partial charge on any atom is 0.245 e. The quantitative estimate of drug-likeness (QED) is 0.416. The third-order valence-electron chi connectivity index (χ3n) is 5.54. The maximum absolute atomic E-state index is 11.7. The number of fused-ring (bicyclic) bond motifs is 2. The first kappa shape index (κ1) is 18.8. The fraction of sp³-hybridized carbons (Fsp3) is 0.167. The average molecular weight is 408 g/mol. The molecule has 2 aromatic heterocycles. The van der Waals surface area contributed by atoms with E-state index in [0.29, 0.717) is 48.1 Å². The van der Waals surface area contributed by atoms with Gasteiger partial charge in [-0.15, -0.1) is 0 Å². The second kappa shape index (κ2) is 7.58. The van der Waals surface area contributed by atoms with Gasteiger partial charge in [0.05, 0.1) is 5.39 Å². The van der Waals surface area contributed by atoms with E-state index in [9.17, 15) is 4.79 Å². The summed E-state index contributed by atoms with van der Waals surface area (Å²) in [6, 6.07) is 14.2. The van der Waals surface area contributed by atoms with Gasteiger partial charge in [0.25, 0.3) is 0 Å². The van der Waals surface area contributed by atoms with E-state index in [1.165, 1.54) is 12.4 Å². The van der Waals surface area contributed by atoms with Gasteiger partial charge in [-0.3, -0.25) is 4.79 Å². The minimum atomic E-state index is -0.0465. The van der Waals surface area contributed by atoms with Crippen LogP contribution in [0, 0.1) is 17.8 Å². The first-order valence-corrected chi connectivity index (χ1v) is 10.0. The summed E-state index contributed by atoms with van der Waals surface area (Å²) < 4.78 is 1.82. The fourth-order valence-corrected chi connectivity index (χ4v) is 3.95. The zero-order valence-electron chi connectivity index (χ0n) is 16.8.